The molecule has 0 saturated heterocycles. The van der Waals surface area contributed by atoms with E-state index in [9.17, 15) is 9.59 Å². The summed E-state index contributed by atoms with van der Waals surface area (Å²) in [5, 5.41) is 20.6. The summed E-state index contributed by atoms with van der Waals surface area (Å²) in [6, 6.07) is 4.14. The molecule has 5 nitrogen and oxygen atoms in total. The maximum atomic E-state index is 10.8. The zero-order chi connectivity index (χ0) is 12.1. The Bertz CT molecular complexity index is 382. The molecule has 0 aliphatic heterocycles. The highest BCUT2D eigenvalue weighted by molar-refractivity contribution is 5.94. The fraction of sp³-hybridized carbons (Fsp3) is 0.273. The minimum atomic E-state index is -1.12. The van der Waals surface area contributed by atoms with Crippen LogP contribution in [-0.2, 0) is 6.42 Å². The van der Waals surface area contributed by atoms with Gasteiger partial charge in [0.25, 0.3) is 0 Å². The summed E-state index contributed by atoms with van der Waals surface area (Å²) in [4.78, 5) is 21.6. The number of likely N-dealkylation sites (N-methyl/N-ethyl adjacent to an activating group) is 1. The summed E-state index contributed by atoms with van der Waals surface area (Å²) in [7, 11) is 1.78. The quantitative estimate of drug-likeness (QED) is 0.688. The number of benzene rings is 1. The molecular weight excluding hydrogens is 210 g/mol. The van der Waals surface area contributed by atoms with Crippen molar-refractivity contribution in [2.45, 2.75) is 6.42 Å². The van der Waals surface area contributed by atoms with E-state index in [2.05, 4.69) is 5.32 Å². The lowest BCUT2D eigenvalue weighted by Gasteiger charge is -2.05. The Morgan fingerprint density at radius 3 is 2.00 bits per heavy atom. The van der Waals surface area contributed by atoms with Crippen molar-refractivity contribution in [3.8, 4) is 0 Å². The van der Waals surface area contributed by atoms with Crippen molar-refractivity contribution < 1.29 is 19.8 Å². The van der Waals surface area contributed by atoms with Crippen molar-refractivity contribution in [3.05, 3.63) is 34.9 Å². The number of hydrogen-bond donors (Lipinski definition) is 3. The van der Waals surface area contributed by atoms with E-state index in [0.29, 0.717) is 18.5 Å². The number of nitrogens with one attached hydrogen (secondary N) is 1. The zero-order valence-electron chi connectivity index (χ0n) is 8.86. The maximum Gasteiger partial charge on any atom is 0.335 e. The van der Waals surface area contributed by atoms with Crippen LogP contribution in [0.15, 0.2) is 18.2 Å². The Hall–Kier alpha value is -1.88. The molecule has 0 amide bonds. The van der Waals surface area contributed by atoms with Crippen LogP contribution in [0.2, 0.25) is 0 Å². The van der Waals surface area contributed by atoms with Gasteiger partial charge < -0.3 is 15.5 Å². The topological polar surface area (TPSA) is 86.6 Å². The van der Waals surface area contributed by atoms with Gasteiger partial charge in [0.1, 0.15) is 0 Å². The van der Waals surface area contributed by atoms with E-state index in [-0.39, 0.29) is 11.1 Å². The van der Waals surface area contributed by atoms with Gasteiger partial charge >= 0.3 is 11.9 Å². The third-order valence-corrected chi connectivity index (χ3v) is 2.15. The lowest BCUT2D eigenvalue weighted by atomic mass is 10.0. The molecular formula is C11H13NO4. The third kappa shape index (κ3) is 3.06. The van der Waals surface area contributed by atoms with Crippen molar-refractivity contribution in [2.24, 2.45) is 0 Å². The molecule has 0 fully saturated rings. The molecule has 0 bridgehead atoms. The van der Waals surface area contributed by atoms with Gasteiger partial charge in [-0.2, -0.15) is 0 Å². The fourth-order valence-corrected chi connectivity index (χ4v) is 1.35. The Labute approximate surface area is 92.7 Å². The van der Waals surface area contributed by atoms with Crippen LogP contribution in [0.25, 0.3) is 0 Å². The number of carboxylic acid groups (broad SMARTS) is 2. The molecule has 0 aliphatic rings. The molecule has 0 atom stereocenters. The molecule has 0 heterocycles. The Morgan fingerprint density at radius 2 is 1.62 bits per heavy atom. The van der Waals surface area contributed by atoms with E-state index in [1.165, 1.54) is 12.1 Å². The molecule has 5 heteroatoms. The molecule has 0 spiro atoms. The monoisotopic (exact) mass is 223 g/mol. The number of carbonyl (C=O) groups is 2. The molecule has 0 saturated carbocycles. The van der Waals surface area contributed by atoms with E-state index in [4.69, 9.17) is 10.2 Å². The molecule has 1 rings (SSSR count). The second kappa shape index (κ2) is 5.27. The summed E-state index contributed by atoms with van der Waals surface area (Å²) < 4.78 is 0. The second-order valence-electron chi connectivity index (χ2n) is 3.38. The normalized spacial score (nSPS) is 10.1. The Morgan fingerprint density at radius 1 is 1.12 bits per heavy atom. The van der Waals surface area contributed by atoms with Crippen LogP contribution < -0.4 is 5.32 Å². The van der Waals surface area contributed by atoms with Crippen LogP contribution >= 0.6 is 0 Å². The van der Waals surface area contributed by atoms with Crippen LogP contribution in [0.3, 0.4) is 0 Å². The Kier molecular flexibility index (Phi) is 4.02. The van der Waals surface area contributed by atoms with Crippen LogP contribution in [0.1, 0.15) is 26.3 Å². The first kappa shape index (κ1) is 12.2. The van der Waals surface area contributed by atoms with Crippen LogP contribution in [-0.4, -0.2) is 35.7 Å². The van der Waals surface area contributed by atoms with Crippen LogP contribution in [0, 0.1) is 0 Å². The zero-order valence-corrected chi connectivity index (χ0v) is 8.86. The number of hydrogen-bond acceptors (Lipinski definition) is 3. The van der Waals surface area contributed by atoms with Gasteiger partial charge in [0, 0.05) is 0 Å². The highest BCUT2D eigenvalue weighted by Gasteiger charge is 2.10. The average molecular weight is 223 g/mol. The highest BCUT2D eigenvalue weighted by atomic mass is 16.4. The van der Waals surface area contributed by atoms with Gasteiger partial charge in [-0.3, -0.25) is 0 Å². The Balaban J connectivity index is 3.08. The van der Waals surface area contributed by atoms with Crippen molar-refractivity contribution >= 4 is 11.9 Å². The van der Waals surface area contributed by atoms with E-state index >= 15 is 0 Å². The van der Waals surface area contributed by atoms with Crippen LogP contribution in [0.4, 0.5) is 0 Å². The predicted octanol–water partition coefficient (Wildman–Crippen LogP) is 0.845. The SMILES string of the molecule is CNCCc1cc(C(=O)O)cc(C(=O)O)c1. The van der Waals surface area contributed by atoms with Gasteiger partial charge in [-0.05, 0) is 43.8 Å². The molecule has 0 unspecified atom stereocenters. The van der Waals surface area contributed by atoms with Crippen LogP contribution in [0.5, 0.6) is 0 Å². The summed E-state index contributed by atoms with van der Waals surface area (Å²) >= 11 is 0. The van der Waals surface area contributed by atoms with Gasteiger partial charge in [0.2, 0.25) is 0 Å². The van der Waals surface area contributed by atoms with Crippen molar-refractivity contribution in [3.63, 3.8) is 0 Å². The molecule has 1 aromatic carbocycles. The molecule has 0 aliphatic carbocycles. The average Bonchev–Trinajstić information content (AvgIpc) is 2.25. The first-order valence-electron chi connectivity index (χ1n) is 4.79. The fourth-order valence-electron chi connectivity index (χ4n) is 1.35. The lowest BCUT2D eigenvalue weighted by Crippen LogP contribution is -2.12. The minimum Gasteiger partial charge on any atom is -0.478 e. The standard InChI is InChI=1S/C11H13NO4/c1-12-3-2-7-4-8(10(13)14)6-9(5-7)11(15)16/h4-6,12H,2-3H2,1H3,(H,13,14)(H,15,16). The third-order valence-electron chi connectivity index (χ3n) is 2.15. The molecule has 3 N–H and O–H groups in total. The van der Waals surface area contributed by atoms with E-state index < -0.39 is 11.9 Å². The van der Waals surface area contributed by atoms with Gasteiger partial charge in [-0.25, -0.2) is 9.59 Å². The second-order valence-corrected chi connectivity index (χ2v) is 3.38. The molecule has 1 aromatic rings. The van der Waals surface area contributed by atoms with Gasteiger partial charge in [-0.15, -0.1) is 0 Å². The number of rotatable bonds is 5. The van der Waals surface area contributed by atoms with Crippen molar-refractivity contribution in [1.29, 1.82) is 0 Å². The molecule has 16 heavy (non-hydrogen) atoms. The summed E-state index contributed by atoms with van der Waals surface area (Å²) in [5.74, 6) is -2.23. The summed E-state index contributed by atoms with van der Waals surface area (Å²) in [5.41, 5.74) is 0.712. The summed E-state index contributed by atoms with van der Waals surface area (Å²) in [6.07, 6.45) is 0.595. The minimum absolute atomic E-state index is 0.00556. The first-order valence-corrected chi connectivity index (χ1v) is 4.79. The molecule has 86 valence electrons. The summed E-state index contributed by atoms with van der Waals surface area (Å²) in [6.45, 7) is 0.669. The number of aromatic carboxylic acids is 2. The molecule has 0 aromatic heterocycles. The maximum absolute atomic E-state index is 10.8. The lowest BCUT2D eigenvalue weighted by molar-refractivity contribution is 0.0696. The van der Waals surface area contributed by atoms with Crippen molar-refractivity contribution in [2.75, 3.05) is 13.6 Å². The van der Waals surface area contributed by atoms with Crippen molar-refractivity contribution in [1.82, 2.24) is 5.32 Å². The van der Waals surface area contributed by atoms with Gasteiger partial charge in [0.05, 0.1) is 11.1 Å². The van der Waals surface area contributed by atoms with E-state index in [1.807, 2.05) is 0 Å². The molecule has 0 radical (unpaired) electrons. The van der Waals surface area contributed by atoms with E-state index in [1.54, 1.807) is 7.05 Å². The number of carboxylic acids is 2. The van der Waals surface area contributed by atoms with Gasteiger partial charge in [0.15, 0.2) is 0 Å². The van der Waals surface area contributed by atoms with E-state index in [0.717, 1.165) is 6.07 Å². The predicted molar refractivity (Wildman–Crippen MR) is 58.0 cm³/mol. The first-order chi connectivity index (χ1) is 7.54. The largest absolute Gasteiger partial charge is 0.478 e. The smallest absolute Gasteiger partial charge is 0.335 e. The van der Waals surface area contributed by atoms with Gasteiger partial charge in [-0.1, -0.05) is 0 Å². The highest BCUT2D eigenvalue weighted by Crippen LogP contribution is 2.11.